The van der Waals surface area contributed by atoms with Crippen LogP contribution in [-0.4, -0.2) is 67.3 Å². The lowest BCUT2D eigenvalue weighted by molar-refractivity contribution is -0.127. The van der Waals surface area contributed by atoms with Gasteiger partial charge in [-0.25, -0.2) is 4.79 Å². The van der Waals surface area contributed by atoms with Gasteiger partial charge in [0.2, 0.25) is 5.91 Å². The van der Waals surface area contributed by atoms with Crippen LogP contribution in [0, 0.1) is 5.92 Å². The third kappa shape index (κ3) is 6.33. The lowest BCUT2D eigenvalue weighted by Gasteiger charge is -2.22. The van der Waals surface area contributed by atoms with E-state index in [4.69, 9.17) is 9.47 Å². The van der Waals surface area contributed by atoms with E-state index in [9.17, 15) is 19.5 Å². The molecule has 9 heteroatoms. The predicted octanol–water partition coefficient (Wildman–Crippen LogP) is 1.47. The second kappa shape index (κ2) is 11.5. The van der Waals surface area contributed by atoms with Crippen LogP contribution in [-0.2, 0) is 16.0 Å². The van der Waals surface area contributed by atoms with Crippen LogP contribution in [0.5, 0.6) is 11.5 Å². The monoisotopic (exact) mass is 435 g/mol. The number of urea groups is 1. The molecule has 1 saturated heterocycles. The van der Waals surface area contributed by atoms with E-state index in [0.717, 1.165) is 12.0 Å². The highest BCUT2D eigenvalue weighted by Crippen LogP contribution is 2.28. The molecule has 1 fully saturated rings. The molecular formula is C22H33N3O6. The van der Waals surface area contributed by atoms with Gasteiger partial charge in [0, 0.05) is 13.0 Å². The van der Waals surface area contributed by atoms with Gasteiger partial charge in [-0.2, -0.15) is 0 Å². The second-order valence-electron chi connectivity index (χ2n) is 7.71. The highest BCUT2D eigenvalue weighted by Gasteiger charge is 2.37. The summed E-state index contributed by atoms with van der Waals surface area (Å²) in [5, 5.41) is 14.9. The largest absolute Gasteiger partial charge is 0.493 e. The number of carbonyl (C=O) groups excluding carboxylic acids is 3. The smallest absolute Gasteiger partial charge is 0.324 e. The normalized spacial score (nSPS) is 17.8. The number of nitrogens with one attached hydrogen (secondary N) is 2. The molecule has 0 radical (unpaired) electrons. The van der Waals surface area contributed by atoms with Crippen LogP contribution in [0.25, 0.3) is 0 Å². The average Bonchev–Trinajstić information content (AvgIpc) is 3.06. The molecule has 31 heavy (non-hydrogen) atoms. The molecule has 0 spiro atoms. The summed E-state index contributed by atoms with van der Waals surface area (Å²) in [5.41, 5.74) is 0.904. The Kier molecular flexibility index (Phi) is 9.11. The Morgan fingerprint density at radius 3 is 2.58 bits per heavy atom. The molecule has 3 atom stereocenters. The van der Waals surface area contributed by atoms with Gasteiger partial charge in [-0.05, 0) is 36.5 Å². The minimum absolute atomic E-state index is 0.0904. The Balaban J connectivity index is 1.87. The van der Waals surface area contributed by atoms with Gasteiger partial charge >= 0.3 is 6.03 Å². The Bertz CT molecular complexity index is 785. The van der Waals surface area contributed by atoms with Crippen molar-refractivity contribution in [3.63, 3.8) is 0 Å². The predicted molar refractivity (Wildman–Crippen MR) is 115 cm³/mol. The number of nitrogens with zero attached hydrogens (tertiary/aromatic N) is 1. The van der Waals surface area contributed by atoms with Gasteiger partial charge in [0.25, 0.3) is 5.91 Å². The lowest BCUT2D eigenvalue weighted by Crippen LogP contribution is -2.42. The summed E-state index contributed by atoms with van der Waals surface area (Å²) in [6.07, 6.45) is 1.60. The highest BCUT2D eigenvalue weighted by atomic mass is 16.5. The van der Waals surface area contributed by atoms with Crippen molar-refractivity contribution in [3.05, 3.63) is 23.8 Å². The average molecular weight is 436 g/mol. The minimum Gasteiger partial charge on any atom is -0.493 e. The molecule has 1 aliphatic rings. The van der Waals surface area contributed by atoms with Gasteiger partial charge in [-0.3, -0.25) is 14.5 Å². The highest BCUT2D eigenvalue weighted by molar-refractivity contribution is 6.04. The summed E-state index contributed by atoms with van der Waals surface area (Å²) >= 11 is 0. The topological polar surface area (TPSA) is 117 Å². The van der Waals surface area contributed by atoms with Crippen molar-refractivity contribution >= 4 is 17.8 Å². The number of rotatable bonds is 12. The van der Waals surface area contributed by atoms with Crippen molar-refractivity contribution in [2.24, 2.45) is 5.92 Å². The molecule has 3 N–H and O–H groups in total. The molecule has 0 aromatic heterocycles. The van der Waals surface area contributed by atoms with Crippen LogP contribution in [0.15, 0.2) is 18.2 Å². The standard InChI is InChI=1S/C22H33N3O6/c1-5-14(2)17(13-26)23-20(27)9-7-16-21(28)25(22(29)24-16)11-10-15-6-8-18(30-3)19(12-15)31-4/h6,8,12,14,16-17,26H,5,7,9-11,13H2,1-4H3,(H,23,27)(H,24,29)/t14-,16+,17-/m0/s1. The van der Waals surface area contributed by atoms with Crippen molar-refractivity contribution in [1.29, 1.82) is 0 Å². The summed E-state index contributed by atoms with van der Waals surface area (Å²) in [4.78, 5) is 38.3. The molecule has 1 heterocycles. The van der Waals surface area contributed by atoms with Crippen LogP contribution in [0.4, 0.5) is 4.79 Å². The fourth-order valence-electron chi connectivity index (χ4n) is 3.47. The summed E-state index contributed by atoms with van der Waals surface area (Å²) in [5.74, 6) is 0.758. The fourth-order valence-corrected chi connectivity index (χ4v) is 3.47. The second-order valence-corrected chi connectivity index (χ2v) is 7.71. The van der Waals surface area contributed by atoms with Gasteiger partial charge in [0.05, 0.1) is 26.9 Å². The summed E-state index contributed by atoms with van der Waals surface area (Å²) in [6.45, 7) is 4.04. The maximum absolute atomic E-state index is 12.6. The third-order valence-corrected chi connectivity index (χ3v) is 5.71. The molecule has 9 nitrogen and oxygen atoms in total. The number of ether oxygens (including phenoxy) is 2. The van der Waals surface area contributed by atoms with Gasteiger partial charge in [0.15, 0.2) is 11.5 Å². The maximum Gasteiger partial charge on any atom is 0.324 e. The zero-order valence-electron chi connectivity index (χ0n) is 18.6. The Morgan fingerprint density at radius 1 is 1.26 bits per heavy atom. The Morgan fingerprint density at radius 2 is 1.97 bits per heavy atom. The van der Waals surface area contributed by atoms with E-state index >= 15 is 0 Å². The molecule has 1 aromatic carbocycles. The molecular weight excluding hydrogens is 402 g/mol. The quantitative estimate of drug-likeness (QED) is 0.428. The SMILES string of the molecule is CC[C@H](C)[C@H](CO)NC(=O)CC[C@H]1NC(=O)N(CCc2ccc(OC)c(OC)c2)C1=O. The number of carbonyl (C=O) groups is 3. The fraction of sp³-hybridized carbons (Fsp3) is 0.591. The van der Waals surface area contributed by atoms with Crippen LogP contribution in [0.3, 0.4) is 0 Å². The zero-order valence-corrected chi connectivity index (χ0v) is 18.6. The van der Waals surface area contributed by atoms with Crippen molar-refractivity contribution in [2.45, 2.75) is 51.6 Å². The number of methoxy groups -OCH3 is 2. The van der Waals surface area contributed by atoms with Crippen molar-refractivity contribution < 1.29 is 29.0 Å². The van der Waals surface area contributed by atoms with Crippen LogP contribution >= 0.6 is 0 Å². The van der Waals surface area contributed by atoms with Gasteiger partial charge in [-0.15, -0.1) is 0 Å². The van der Waals surface area contributed by atoms with Crippen LogP contribution < -0.4 is 20.1 Å². The molecule has 1 aromatic rings. The number of amides is 4. The van der Waals surface area contributed by atoms with E-state index in [0.29, 0.717) is 17.9 Å². The van der Waals surface area contributed by atoms with Gasteiger partial charge < -0.3 is 25.2 Å². The Labute approximate surface area is 183 Å². The van der Waals surface area contributed by atoms with Crippen LogP contribution in [0.1, 0.15) is 38.7 Å². The molecule has 0 saturated carbocycles. The number of aliphatic hydroxyl groups excluding tert-OH is 1. The molecule has 0 aliphatic carbocycles. The maximum atomic E-state index is 12.6. The first-order valence-corrected chi connectivity index (χ1v) is 10.6. The number of imide groups is 1. The number of hydrogen-bond acceptors (Lipinski definition) is 6. The van der Waals surface area contributed by atoms with E-state index in [-0.39, 0.29) is 49.8 Å². The minimum atomic E-state index is -0.722. The van der Waals surface area contributed by atoms with Crippen molar-refractivity contribution in [1.82, 2.24) is 15.5 Å². The molecule has 2 rings (SSSR count). The number of aliphatic hydroxyl groups is 1. The first-order valence-electron chi connectivity index (χ1n) is 10.6. The van der Waals surface area contributed by atoms with Crippen molar-refractivity contribution in [3.8, 4) is 11.5 Å². The van der Waals surface area contributed by atoms with E-state index in [1.807, 2.05) is 26.0 Å². The summed E-state index contributed by atoms with van der Waals surface area (Å²) in [7, 11) is 3.10. The van der Waals surface area contributed by atoms with Gasteiger partial charge in [0.1, 0.15) is 6.04 Å². The molecule has 1 aliphatic heterocycles. The number of hydrogen-bond donors (Lipinski definition) is 3. The van der Waals surface area contributed by atoms with Gasteiger partial charge in [-0.1, -0.05) is 26.3 Å². The molecule has 4 amide bonds. The zero-order chi connectivity index (χ0) is 23.0. The molecule has 0 unspecified atom stereocenters. The van der Waals surface area contributed by atoms with E-state index in [1.165, 1.54) is 4.90 Å². The first-order chi connectivity index (χ1) is 14.8. The Hall–Kier alpha value is -2.81. The third-order valence-electron chi connectivity index (χ3n) is 5.71. The van der Waals surface area contributed by atoms with Crippen LogP contribution in [0.2, 0.25) is 0 Å². The van der Waals surface area contributed by atoms with E-state index < -0.39 is 12.1 Å². The summed E-state index contributed by atoms with van der Waals surface area (Å²) in [6, 6.07) is 3.96. The van der Waals surface area contributed by atoms with E-state index in [2.05, 4.69) is 10.6 Å². The first kappa shape index (κ1) is 24.5. The summed E-state index contributed by atoms with van der Waals surface area (Å²) < 4.78 is 10.5. The molecule has 172 valence electrons. The lowest BCUT2D eigenvalue weighted by atomic mass is 9.99. The van der Waals surface area contributed by atoms with Crippen molar-refractivity contribution in [2.75, 3.05) is 27.4 Å². The number of benzene rings is 1. The van der Waals surface area contributed by atoms with E-state index in [1.54, 1.807) is 20.3 Å². The molecule has 0 bridgehead atoms.